The highest BCUT2D eigenvalue weighted by atomic mass is 19.4. The molecule has 0 radical (unpaired) electrons. The number of allylic oxidation sites excluding steroid dienone is 1. The van der Waals surface area contributed by atoms with Gasteiger partial charge >= 0.3 is 12.3 Å². The van der Waals surface area contributed by atoms with Crippen molar-refractivity contribution >= 4 is 0 Å². The third kappa shape index (κ3) is 4.43. The van der Waals surface area contributed by atoms with Crippen molar-refractivity contribution in [1.82, 2.24) is 0 Å². The first-order valence-electron chi connectivity index (χ1n) is 4.08. The van der Waals surface area contributed by atoms with Gasteiger partial charge in [0.05, 0.1) is 6.10 Å². The lowest BCUT2D eigenvalue weighted by atomic mass is 10.2. The molecule has 0 fully saturated rings. The molecule has 0 saturated heterocycles. The van der Waals surface area contributed by atoms with Crippen molar-refractivity contribution in [3.63, 3.8) is 0 Å². The van der Waals surface area contributed by atoms with E-state index in [9.17, 15) is 22.0 Å². The molecule has 0 spiro atoms. The number of ether oxygens (including phenoxy) is 1. The quantitative estimate of drug-likeness (QED) is 0.514. The van der Waals surface area contributed by atoms with E-state index in [4.69, 9.17) is 0 Å². The maximum absolute atomic E-state index is 11.9. The highest BCUT2D eigenvalue weighted by Gasteiger charge is 2.41. The topological polar surface area (TPSA) is 9.23 Å². The van der Waals surface area contributed by atoms with E-state index in [1.807, 2.05) is 0 Å². The zero-order valence-corrected chi connectivity index (χ0v) is 7.79. The first-order valence-corrected chi connectivity index (χ1v) is 4.08. The molecule has 0 bridgehead atoms. The van der Waals surface area contributed by atoms with Gasteiger partial charge in [-0.05, 0) is 13.3 Å². The van der Waals surface area contributed by atoms with Crippen molar-refractivity contribution in [1.29, 1.82) is 0 Å². The monoisotopic (exact) mass is 218 g/mol. The minimum atomic E-state index is -5.12. The van der Waals surface area contributed by atoms with Gasteiger partial charge in [-0.15, -0.1) is 0 Å². The van der Waals surface area contributed by atoms with Crippen molar-refractivity contribution in [2.75, 3.05) is 0 Å². The van der Waals surface area contributed by atoms with Crippen LogP contribution >= 0.6 is 0 Å². The van der Waals surface area contributed by atoms with Gasteiger partial charge in [-0.3, -0.25) is 0 Å². The van der Waals surface area contributed by atoms with Crippen molar-refractivity contribution in [3.05, 3.63) is 11.8 Å². The van der Waals surface area contributed by atoms with Crippen LogP contribution in [0.15, 0.2) is 11.8 Å². The summed E-state index contributed by atoms with van der Waals surface area (Å²) in [5, 5.41) is 0. The number of hydrogen-bond donors (Lipinski definition) is 0. The fourth-order valence-corrected chi connectivity index (χ4v) is 0.885. The summed E-state index contributed by atoms with van der Waals surface area (Å²) in [7, 11) is 0. The zero-order valence-electron chi connectivity index (χ0n) is 7.79. The Morgan fingerprint density at radius 2 is 1.79 bits per heavy atom. The van der Waals surface area contributed by atoms with Gasteiger partial charge in [-0.1, -0.05) is 13.3 Å². The second-order valence-corrected chi connectivity index (χ2v) is 2.80. The van der Waals surface area contributed by atoms with E-state index in [1.165, 1.54) is 6.92 Å². The van der Waals surface area contributed by atoms with Crippen LogP contribution in [0.25, 0.3) is 0 Å². The molecule has 0 heterocycles. The smallest absolute Gasteiger partial charge is 0.454 e. The van der Waals surface area contributed by atoms with Crippen molar-refractivity contribution in [3.8, 4) is 0 Å². The molecule has 1 atom stereocenters. The molecule has 0 aliphatic carbocycles. The van der Waals surface area contributed by atoms with Crippen LogP contribution in [0.3, 0.4) is 0 Å². The van der Waals surface area contributed by atoms with Crippen LogP contribution in [0, 0.1) is 0 Å². The second-order valence-electron chi connectivity index (χ2n) is 2.80. The lowest BCUT2D eigenvalue weighted by molar-refractivity contribution is -0.144. The summed E-state index contributed by atoms with van der Waals surface area (Å²) in [6.45, 7) is 3.04. The van der Waals surface area contributed by atoms with E-state index in [2.05, 4.69) is 4.74 Å². The Morgan fingerprint density at radius 3 is 2.07 bits per heavy atom. The molecule has 0 aromatic heterocycles. The van der Waals surface area contributed by atoms with Crippen molar-refractivity contribution in [2.24, 2.45) is 0 Å². The molecule has 6 heteroatoms. The Bertz CT molecular complexity index is 204. The van der Waals surface area contributed by atoms with E-state index >= 15 is 0 Å². The minimum Gasteiger partial charge on any atom is -0.482 e. The SMILES string of the molecule is CCCC(C)OC(=C(F)F)C(F)(F)F. The van der Waals surface area contributed by atoms with Crippen LogP contribution in [-0.4, -0.2) is 12.3 Å². The third-order valence-corrected chi connectivity index (χ3v) is 1.44. The van der Waals surface area contributed by atoms with E-state index in [-0.39, 0.29) is 0 Å². The van der Waals surface area contributed by atoms with Crippen molar-refractivity contribution < 1.29 is 26.7 Å². The van der Waals surface area contributed by atoms with Crippen LogP contribution in [0.1, 0.15) is 26.7 Å². The summed E-state index contributed by atoms with van der Waals surface area (Å²) in [6, 6.07) is 0. The number of rotatable bonds is 4. The molecule has 84 valence electrons. The van der Waals surface area contributed by atoms with Crippen LogP contribution < -0.4 is 0 Å². The van der Waals surface area contributed by atoms with E-state index in [0.29, 0.717) is 12.8 Å². The summed E-state index contributed by atoms with van der Waals surface area (Å²) >= 11 is 0. The van der Waals surface area contributed by atoms with Gasteiger partial charge < -0.3 is 4.74 Å². The Balaban J connectivity index is 4.50. The first kappa shape index (κ1) is 13.2. The molecule has 0 amide bonds. The Hall–Kier alpha value is -0.810. The van der Waals surface area contributed by atoms with E-state index < -0.39 is 24.1 Å². The zero-order chi connectivity index (χ0) is 11.4. The molecule has 14 heavy (non-hydrogen) atoms. The first-order chi connectivity index (χ1) is 6.29. The fraction of sp³-hybridized carbons (Fsp3) is 0.750. The molecule has 0 aromatic rings. The van der Waals surface area contributed by atoms with Gasteiger partial charge in [0.1, 0.15) is 0 Å². The van der Waals surface area contributed by atoms with Gasteiger partial charge in [0, 0.05) is 0 Å². The molecule has 0 aliphatic rings. The van der Waals surface area contributed by atoms with Gasteiger partial charge in [0.2, 0.25) is 0 Å². The molecule has 0 rings (SSSR count). The highest BCUT2D eigenvalue weighted by molar-refractivity contribution is 5.01. The van der Waals surface area contributed by atoms with Crippen molar-refractivity contribution in [2.45, 2.75) is 39.0 Å². The van der Waals surface area contributed by atoms with E-state index in [1.54, 1.807) is 6.92 Å². The van der Waals surface area contributed by atoms with Crippen LogP contribution in [0.4, 0.5) is 22.0 Å². The third-order valence-electron chi connectivity index (χ3n) is 1.44. The van der Waals surface area contributed by atoms with Gasteiger partial charge in [0.25, 0.3) is 5.76 Å². The predicted octanol–water partition coefficient (Wildman–Crippen LogP) is 3.86. The van der Waals surface area contributed by atoms with Gasteiger partial charge in [0.15, 0.2) is 0 Å². The van der Waals surface area contributed by atoms with Crippen LogP contribution in [0.2, 0.25) is 0 Å². The van der Waals surface area contributed by atoms with Gasteiger partial charge in [-0.2, -0.15) is 22.0 Å². The predicted molar refractivity (Wildman–Crippen MR) is 40.8 cm³/mol. The average molecular weight is 218 g/mol. The fourth-order valence-electron chi connectivity index (χ4n) is 0.885. The Kier molecular flexibility index (Phi) is 4.87. The molecular formula is C8H11F5O. The number of halogens is 5. The largest absolute Gasteiger partial charge is 0.482 e. The maximum atomic E-state index is 11.9. The molecule has 0 aliphatic heterocycles. The highest BCUT2D eigenvalue weighted by Crippen LogP contribution is 2.31. The molecule has 0 N–H and O–H groups in total. The average Bonchev–Trinajstić information content (AvgIpc) is 1.98. The van der Waals surface area contributed by atoms with Crippen LogP contribution in [0.5, 0.6) is 0 Å². The maximum Gasteiger partial charge on any atom is 0.454 e. The van der Waals surface area contributed by atoms with Gasteiger partial charge in [-0.25, -0.2) is 0 Å². The van der Waals surface area contributed by atoms with Crippen LogP contribution in [-0.2, 0) is 4.74 Å². The second kappa shape index (κ2) is 5.17. The molecule has 0 saturated carbocycles. The molecular weight excluding hydrogens is 207 g/mol. The number of alkyl halides is 3. The van der Waals surface area contributed by atoms with E-state index in [0.717, 1.165) is 0 Å². The molecule has 0 aromatic carbocycles. The molecule has 1 unspecified atom stereocenters. The summed E-state index contributed by atoms with van der Waals surface area (Å²) in [5.74, 6) is -2.18. The summed E-state index contributed by atoms with van der Waals surface area (Å²) in [6.07, 6.45) is -7.95. The standard InChI is InChI=1S/C8H11F5O/c1-3-4-5(2)14-6(7(9)10)8(11,12)13/h5H,3-4H2,1-2H3. The summed E-state index contributed by atoms with van der Waals surface area (Å²) < 4.78 is 63.5. The number of hydrogen-bond acceptors (Lipinski definition) is 1. The molecule has 1 nitrogen and oxygen atoms in total. The normalized spacial score (nSPS) is 13.6. The summed E-state index contributed by atoms with van der Waals surface area (Å²) in [4.78, 5) is 0. The Labute approximate surface area is 78.5 Å². The lowest BCUT2D eigenvalue weighted by Gasteiger charge is -2.17. The minimum absolute atomic E-state index is 0.298. The lowest BCUT2D eigenvalue weighted by Crippen LogP contribution is -2.20. The Morgan fingerprint density at radius 1 is 1.29 bits per heavy atom. The summed E-state index contributed by atoms with van der Waals surface area (Å²) in [5.41, 5.74) is 0.